The van der Waals surface area contributed by atoms with E-state index in [0.717, 1.165) is 22.3 Å². The van der Waals surface area contributed by atoms with Crippen molar-refractivity contribution in [1.29, 1.82) is 0 Å². The second-order valence-electron chi connectivity index (χ2n) is 8.39. The van der Waals surface area contributed by atoms with Crippen LogP contribution in [0, 0.1) is 0 Å². The van der Waals surface area contributed by atoms with Gasteiger partial charge in [0.1, 0.15) is 5.60 Å². The summed E-state index contributed by atoms with van der Waals surface area (Å²) in [6.07, 6.45) is 3.34. The van der Waals surface area contributed by atoms with Crippen LogP contribution >= 0.6 is 0 Å². The van der Waals surface area contributed by atoms with Crippen molar-refractivity contribution in [3.63, 3.8) is 0 Å². The molecule has 1 saturated heterocycles. The molecule has 0 bridgehead atoms. The number of methoxy groups -OCH3 is 1. The van der Waals surface area contributed by atoms with Crippen molar-refractivity contribution in [2.45, 2.75) is 37.8 Å². The Morgan fingerprint density at radius 3 is 2.42 bits per heavy atom. The van der Waals surface area contributed by atoms with Gasteiger partial charge in [0.2, 0.25) is 5.88 Å². The molecule has 2 atom stereocenters. The summed E-state index contributed by atoms with van der Waals surface area (Å²) in [4.78, 5) is 19.2. The highest BCUT2D eigenvalue weighted by atomic mass is 16.6. The molecule has 1 N–H and O–H groups in total. The first-order chi connectivity index (χ1) is 16.1. The topological polar surface area (TPSA) is 71.9 Å². The fourth-order valence-corrected chi connectivity index (χ4v) is 4.46. The van der Waals surface area contributed by atoms with E-state index in [1.807, 2.05) is 73.7 Å². The maximum absolute atomic E-state index is 13.1. The molecule has 1 fully saturated rings. The molecule has 0 saturated carbocycles. The molecular formula is C27H30N2O4. The molecule has 1 aromatic heterocycles. The van der Waals surface area contributed by atoms with E-state index < -0.39 is 5.60 Å². The number of amides is 1. The van der Waals surface area contributed by atoms with Crippen LogP contribution in [0.2, 0.25) is 0 Å². The number of nitrogens with zero attached hydrogens (tertiary/aromatic N) is 2. The van der Waals surface area contributed by atoms with E-state index in [2.05, 4.69) is 4.98 Å². The van der Waals surface area contributed by atoms with E-state index in [4.69, 9.17) is 9.47 Å². The lowest BCUT2D eigenvalue weighted by Gasteiger charge is -2.43. The van der Waals surface area contributed by atoms with E-state index in [0.29, 0.717) is 31.7 Å². The molecule has 3 aromatic rings. The van der Waals surface area contributed by atoms with Crippen LogP contribution in [0.25, 0.3) is 11.1 Å². The molecule has 1 amide bonds. The maximum atomic E-state index is 13.1. The van der Waals surface area contributed by atoms with Gasteiger partial charge in [0.15, 0.2) is 0 Å². The second kappa shape index (κ2) is 10.0. The molecule has 0 radical (unpaired) electrons. The minimum Gasteiger partial charge on any atom is -0.481 e. The molecule has 2 aromatic carbocycles. The van der Waals surface area contributed by atoms with Gasteiger partial charge in [0.25, 0.3) is 0 Å². The number of hydrogen-bond donors (Lipinski definition) is 1. The fourth-order valence-electron chi connectivity index (χ4n) is 4.46. The lowest BCUT2D eigenvalue weighted by molar-refractivity contribution is -0.0680. The Kier molecular flexibility index (Phi) is 6.94. The van der Waals surface area contributed by atoms with Gasteiger partial charge in [-0.2, -0.15) is 0 Å². The monoisotopic (exact) mass is 446 g/mol. The van der Waals surface area contributed by atoms with E-state index in [9.17, 15) is 9.90 Å². The van der Waals surface area contributed by atoms with Crippen LogP contribution in [-0.4, -0.2) is 41.3 Å². The minimum atomic E-state index is -0.692. The number of aliphatic hydroxyl groups is 1. The molecule has 1 unspecified atom stereocenters. The van der Waals surface area contributed by atoms with Gasteiger partial charge in [-0.15, -0.1) is 0 Å². The second-order valence-corrected chi connectivity index (χ2v) is 8.39. The van der Waals surface area contributed by atoms with Crippen molar-refractivity contribution in [2.24, 2.45) is 0 Å². The van der Waals surface area contributed by atoms with Crippen LogP contribution in [0.4, 0.5) is 4.79 Å². The molecule has 0 aliphatic carbocycles. The zero-order valence-electron chi connectivity index (χ0n) is 19.1. The SMILES string of the molecule is COc1ccc(-c2ccc([C@H](C)N3CCC(CCCO)(c4ccccc4)OC3=O)cc2)cn1. The average molecular weight is 447 g/mol. The van der Waals surface area contributed by atoms with Crippen molar-refractivity contribution in [3.05, 3.63) is 84.1 Å². The Morgan fingerprint density at radius 1 is 1.09 bits per heavy atom. The molecule has 1 aliphatic rings. The first-order valence-electron chi connectivity index (χ1n) is 11.3. The Balaban J connectivity index is 1.49. The third-order valence-electron chi connectivity index (χ3n) is 6.45. The number of carbonyl (C=O) groups excluding carboxylic acids is 1. The number of hydrogen-bond acceptors (Lipinski definition) is 5. The summed E-state index contributed by atoms with van der Waals surface area (Å²) >= 11 is 0. The third kappa shape index (κ3) is 4.86. The summed E-state index contributed by atoms with van der Waals surface area (Å²) in [5, 5.41) is 9.38. The van der Waals surface area contributed by atoms with Crippen LogP contribution < -0.4 is 4.74 Å². The number of aliphatic hydroxyl groups excluding tert-OH is 1. The van der Waals surface area contributed by atoms with Gasteiger partial charge < -0.3 is 19.5 Å². The predicted octanol–water partition coefficient (Wildman–Crippen LogP) is 5.33. The minimum absolute atomic E-state index is 0.0717. The van der Waals surface area contributed by atoms with Gasteiger partial charge in [-0.05, 0) is 42.5 Å². The lowest BCUT2D eigenvalue weighted by atomic mass is 9.84. The first-order valence-corrected chi connectivity index (χ1v) is 11.3. The van der Waals surface area contributed by atoms with Gasteiger partial charge in [0.05, 0.1) is 13.2 Å². The van der Waals surface area contributed by atoms with Gasteiger partial charge >= 0.3 is 6.09 Å². The van der Waals surface area contributed by atoms with Crippen molar-refractivity contribution < 1.29 is 19.4 Å². The molecule has 6 heteroatoms. The molecule has 1 aliphatic heterocycles. The van der Waals surface area contributed by atoms with Crippen LogP contribution in [0.3, 0.4) is 0 Å². The van der Waals surface area contributed by atoms with Gasteiger partial charge in [-0.25, -0.2) is 9.78 Å². The van der Waals surface area contributed by atoms with Crippen molar-refractivity contribution in [3.8, 4) is 17.0 Å². The Bertz CT molecular complexity index is 1050. The van der Waals surface area contributed by atoms with E-state index in [1.165, 1.54) is 0 Å². The van der Waals surface area contributed by atoms with Crippen molar-refractivity contribution >= 4 is 6.09 Å². The van der Waals surface area contributed by atoms with E-state index >= 15 is 0 Å². The van der Waals surface area contributed by atoms with Crippen molar-refractivity contribution in [2.75, 3.05) is 20.3 Å². The summed E-state index contributed by atoms with van der Waals surface area (Å²) in [7, 11) is 1.60. The third-order valence-corrected chi connectivity index (χ3v) is 6.45. The summed E-state index contributed by atoms with van der Waals surface area (Å²) in [5.41, 5.74) is 3.39. The largest absolute Gasteiger partial charge is 0.481 e. The Hall–Kier alpha value is -3.38. The number of benzene rings is 2. The summed E-state index contributed by atoms with van der Waals surface area (Å²) in [6, 6.07) is 21.7. The maximum Gasteiger partial charge on any atom is 0.411 e. The Morgan fingerprint density at radius 2 is 1.82 bits per heavy atom. The molecular weight excluding hydrogens is 416 g/mol. The number of ether oxygens (including phenoxy) is 2. The zero-order chi connectivity index (χ0) is 23.3. The van der Waals surface area contributed by atoms with Crippen molar-refractivity contribution in [1.82, 2.24) is 9.88 Å². The molecule has 4 rings (SSSR count). The smallest absolute Gasteiger partial charge is 0.411 e. The van der Waals surface area contributed by atoms with Crippen LogP contribution in [0.5, 0.6) is 5.88 Å². The number of rotatable bonds is 8. The van der Waals surface area contributed by atoms with Gasteiger partial charge in [0, 0.05) is 37.4 Å². The zero-order valence-corrected chi connectivity index (χ0v) is 19.1. The van der Waals surface area contributed by atoms with Crippen LogP contribution in [-0.2, 0) is 10.3 Å². The molecule has 6 nitrogen and oxygen atoms in total. The van der Waals surface area contributed by atoms with Gasteiger partial charge in [-0.3, -0.25) is 0 Å². The van der Waals surface area contributed by atoms with E-state index in [-0.39, 0.29) is 18.7 Å². The number of pyridine rings is 1. The highest BCUT2D eigenvalue weighted by molar-refractivity contribution is 5.70. The highest BCUT2D eigenvalue weighted by Gasteiger charge is 2.43. The summed E-state index contributed by atoms with van der Waals surface area (Å²) in [5.74, 6) is 0.582. The molecule has 0 spiro atoms. The van der Waals surface area contributed by atoms with Gasteiger partial charge in [-0.1, -0.05) is 54.6 Å². The average Bonchev–Trinajstić information content (AvgIpc) is 2.88. The highest BCUT2D eigenvalue weighted by Crippen LogP contribution is 2.40. The standard InChI is InChI=1S/C27H30N2O4/c1-20(21-9-11-22(12-10-21)23-13-14-25(32-2)28-19-23)29-17-16-27(15-6-18-30,33-26(29)31)24-7-4-3-5-8-24/h3-5,7-14,19-20,30H,6,15-18H2,1-2H3/t20-,27?/m0/s1. The molecule has 33 heavy (non-hydrogen) atoms. The predicted molar refractivity (Wildman–Crippen MR) is 127 cm³/mol. The molecule has 172 valence electrons. The molecule has 2 heterocycles. The quantitative estimate of drug-likeness (QED) is 0.506. The number of aromatic nitrogens is 1. The Labute approximate surface area is 194 Å². The summed E-state index contributed by atoms with van der Waals surface area (Å²) < 4.78 is 11.2. The lowest BCUT2D eigenvalue weighted by Crippen LogP contribution is -2.48. The normalized spacial score (nSPS) is 19.1. The summed E-state index contributed by atoms with van der Waals surface area (Å²) in [6.45, 7) is 2.68. The fraction of sp³-hybridized carbons (Fsp3) is 0.333. The van der Waals surface area contributed by atoms with Crippen LogP contribution in [0.1, 0.15) is 43.4 Å². The first kappa shape index (κ1) is 22.8. The van der Waals surface area contributed by atoms with Crippen LogP contribution in [0.15, 0.2) is 72.9 Å². The number of cyclic esters (lactones) is 1. The number of carbonyl (C=O) groups is 1. The van der Waals surface area contributed by atoms with E-state index in [1.54, 1.807) is 18.2 Å².